The van der Waals surface area contributed by atoms with Gasteiger partial charge in [-0.2, -0.15) is 5.10 Å². The predicted octanol–water partition coefficient (Wildman–Crippen LogP) is 2.80. The van der Waals surface area contributed by atoms with Gasteiger partial charge in [0.2, 0.25) is 0 Å². The summed E-state index contributed by atoms with van der Waals surface area (Å²) in [5.41, 5.74) is 4.68. The zero-order valence-electron chi connectivity index (χ0n) is 11.5. The van der Waals surface area contributed by atoms with Crippen LogP contribution in [0.25, 0.3) is 11.3 Å². The second kappa shape index (κ2) is 4.69. The zero-order chi connectivity index (χ0) is 15.3. The third kappa shape index (κ3) is 1.99. The molecule has 0 fully saturated rings. The van der Waals surface area contributed by atoms with Gasteiger partial charge >= 0.3 is 0 Å². The molecule has 1 aliphatic carbocycles. The van der Waals surface area contributed by atoms with Crippen molar-refractivity contribution in [1.29, 1.82) is 0 Å². The van der Waals surface area contributed by atoms with Crippen molar-refractivity contribution in [3.8, 4) is 11.3 Å². The molecule has 2 radical (unpaired) electrons. The van der Waals surface area contributed by atoms with Gasteiger partial charge < -0.3 is 5.32 Å². The van der Waals surface area contributed by atoms with Crippen molar-refractivity contribution in [2.24, 2.45) is 0 Å². The van der Waals surface area contributed by atoms with Crippen LogP contribution < -0.4 is 10.8 Å². The number of H-pyrrole nitrogens is 1. The molecule has 0 amide bonds. The van der Waals surface area contributed by atoms with Crippen LogP contribution in [0, 0.1) is 11.6 Å². The molecule has 2 aromatic carbocycles. The number of halogens is 2. The summed E-state index contributed by atoms with van der Waals surface area (Å²) in [6.07, 6.45) is 0.644. The van der Waals surface area contributed by atoms with Gasteiger partial charge in [0.1, 0.15) is 19.5 Å². The third-order valence-corrected chi connectivity index (χ3v) is 3.81. The fraction of sp³-hybridized carbons (Fsp3) is 0.0625. The predicted molar refractivity (Wildman–Crippen MR) is 81.9 cm³/mol. The van der Waals surface area contributed by atoms with Crippen LogP contribution >= 0.6 is 0 Å². The van der Waals surface area contributed by atoms with Crippen LogP contribution in [0.15, 0.2) is 36.4 Å². The quantitative estimate of drug-likeness (QED) is 0.558. The molecule has 0 saturated carbocycles. The van der Waals surface area contributed by atoms with Crippen LogP contribution in [-0.4, -0.2) is 18.0 Å². The van der Waals surface area contributed by atoms with Crippen molar-refractivity contribution < 1.29 is 8.78 Å². The van der Waals surface area contributed by atoms with E-state index in [9.17, 15) is 8.78 Å². The van der Waals surface area contributed by atoms with Crippen LogP contribution in [0.4, 0.5) is 20.3 Å². The van der Waals surface area contributed by atoms with E-state index in [1.165, 1.54) is 0 Å². The van der Waals surface area contributed by atoms with Gasteiger partial charge in [0.25, 0.3) is 0 Å². The van der Waals surface area contributed by atoms with E-state index in [1.807, 2.05) is 18.2 Å². The lowest BCUT2D eigenvalue weighted by Gasteiger charge is -2.06. The molecule has 0 bridgehead atoms. The standard InChI is InChI=1S/C16H10BF2N3/c17-9-1-3-11-8(5-9)6-12-15(11)21-22-16(12)20-14-7-10(18)2-4-13(14)19/h1-5,7H,6H2,(H2,20,21,22). The lowest BCUT2D eigenvalue weighted by molar-refractivity contribution is 0.603. The topological polar surface area (TPSA) is 40.7 Å². The number of aromatic nitrogens is 2. The van der Waals surface area contributed by atoms with Crippen LogP contribution in [0.1, 0.15) is 11.1 Å². The first-order valence-corrected chi connectivity index (χ1v) is 6.80. The summed E-state index contributed by atoms with van der Waals surface area (Å²) in [4.78, 5) is 0. The highest BCUT2D eigenvalue weighted by Crippen LogP contribution is 2.39. The number of rotatable bonds is 2. The summed E-state index contributed by atoms with van der Waals surface area (Å²) in [7, 11) is 5.80. The Kier molecular flexibility index (Phi) is 2.79. The number of nitrogens with zero attached hydrogens (tertiary/aromatic N) is 1. The minimum absolute atomic E-state index is 0.0600. The molecular weight excluding hydrogens is 283 g/mol. The first-order chi connectivity index (χ1) is 10.6. The number of nitrogens with one attached hydrogen (secondary N) is 2. The van der Waals surface area contributed by atoms with Crippen LogP contribution in [-0.2, 0) is 6.42 Å². The minimum atomic E-state index is -0.530. The van der Waals surface area contributed by atoms with Crippen LogP contribution in [0.2, 0.25) is 0 Å². The van der Waals surface area contributed by atoms with E-state index in [-0.39, 0.29) is 5.69 Å². The van der Waals surface area contributed by atoms with Crippen molar-refractivity contribution in [3.05, 3.63) is 59.2 Å². The van der Waals surface area contributed by atoms with E-state index in [0.717, 1.165) is 40.6 Å². The van der Waals surface area contributed by atoms with E-state index in [2.05, 4.69) is 15.5 Å². The maximum Gasteiger partial charge on any atom is 0.156 e. The Balaban J connectivity index is 1.73. The van der Waals surface area contributed by atoms with E-state index < -0.39 is 11.6 Å². The molecule has 1 aromatic heterocycles. The van der Waals surface area contributed by atoms with Gasteiger partial charge in [0, 0.05) is 23.6 Å². The largest absolute Gasteiger partial charge is 0.336 e. The van der Waals surface area contributed by atoms with Gasteiger partial charge in [-0.25, -0.2) is 8.78 Å². The highest BCUT2D eigenvalue weighted by atomic mass is 19.1. The van der Waals surface area contributed by atoms with Gasteiger partial charge in [-0.15, -0.1) is 0 Å². The Hall–Kier alpha value is -2.63. The first-order valence-electron chi connectivity index (χ1n) is 6.80. The number of fused-ring (bicyclic) bond motifs is 3. The van der Waals surface area contributed by atoms with Gasteiger partial charge in [-0.1, -0.05) is 23.7 Å². The van der Waals surface area contributed by atoms with Crippen LogP contribution in [0.3, 0.4) is 0 Å². The van der Waals surface area contributed by atoms with Crippen LogP contribution in [0.5, 0.6) is 0 Å². The smallest absolute Gasteiger partial charge is 0.156 e. The summed E-state index contributed by atoms with van der Waals surface area (Å²) in [6, 6.07) is 8.94. The molecule has 0 aliphatic heterocycles. The Morgan fingerprint density at radius 3 is 2.86 bits per heavy atom. The lowest BCUT2D eigenvalue weighted by atomic mass is 9.92. The second-order valence-electron chi connectivity index (χ2n) is 5.27. The maximum absolute atomic E-state index is 13.7. The molecule has 106 valence electrons. The molecule has 4 rings (SSSR count). The van der Waals surface area contributed by atoms with Gasteiger partial charge in [-0.3, -0.25) is 5.10 Å². The average molecular weight is 293 g/mol. The summed E-state index contributed by atoms with van der Waals surface area (Å²) in [5.74, 6) is -0.542. The van der Waals surface area contributed by atoms with Crippen molar-refractivity contribution in [1.82, 2.24) is 10.2 Å². The molecule has 3 nitrogen and oxygen atoms in total. The molecule has 3 aromatic rings. The fourth-order valence-electron chi connectivity index (χ4n) is 2.78. The highest BCUT2D eigenvalue weighted by Gasteiger charge is 2.24. The third-order valence-electron chi connectivity index (χ3n) is 3.81. The second-order valence-corrected chi connectivity index (χ2v) is 5.27. The Morgan fingerprint density at radius 1 is 1.14 bits per heavy atom. The number of benzene rings is 2. The first kappa shape index (κ1) is 13.1. The number of anilines is 2. The normalized spacial score (nSPS) is 12.1. The van der Waals surface area contributed by atoms with Crippen molar-refractivity contribution >= 4 is 24.8 Å². The Morgan fingerprint density at radius 2 is 2.00 bits per heavy atom. The van der Waals surface area contributed by atoms with E-state index in [0.29, 0.717) is 17.7 Å². The lowest BCUT2D eigenvalue weighted by Crippen LogP contribution is -2.02. The Labute approximate surface area is 126 Å². The SMILES string of the molecule is [B]c1ccc2c(c1)Cc1c(Nc3cc(F)ccc3F)n[nH]c1-2. The van der Waals surface area contributed by atoms with E-state index >= 15 is 0 Å². The van der Waals surface area contributed by atoms with Gasteiger partial charge in [0.15, 0.2) is 5.82 Å². The zero-order valence-corrected chi connectivity index (χ0v) is 11.5. The summed E-state index contributed by atoms with van der Waals surface area (Å²) in [5, 5.41) is 9.97. The molecule has 6 heteroatoms. The number of hydrogen-bond donors (Lipinski definition) is 2. The molecule has 0 spiro atoms. The van der Waals surface area contributed by atoms with E-state index in [4.69, 9.17) is 7.85 Å². The maximum atomic E-state index is 13.7. The summed E-state index contributed by atoms with van der Waals surface area (Å²) >= 11 is 0. The molecule has 2 N–H and O–H groups in total. The van der Waals surface area contributed by atoms with Crippen molar-refractivity contribution in [2.45, 2.75) is 6.42 Å². The Bertz CT molecular complexity index is 889. The number of aromatic amines is 1. The highest BCUT2D eigenvalue weighted by molar-refractivity contribution is 6.32. The number of hydrogen-bond acceptors (Lipinski definition) is 2. The molecular formula is C16H10BF2N3. The van der Waals surface area contributed by atoms with Crippen molar-refractivity contribution in [2.75, 3.05) is 5.32 Å². The van der Waals surface area contributed by atoms with E-state index in [1.54, 1.807) is 0 Å². The van der Waals surface area contributed by atoms with Gasteiger partial charge in [-0.05, 0) is 17.7 Å². The summed E-state index contributed by atoms with van der Waals surface area (Å²) in [6.45, 7) is 0. The molecule has 0 atom stereocenters. The fourth-order valence-corrected chi connectivity index (χ4v) is 2.78. The molecule has 0 unspecified atom stereocenters. The summed E-state index contributed by atoms with van der Waals surface area (Å²) < 4.78 is 27.0. The molecule has 1 aliphatic rings. The average Bonchev–Trinajstić information content (AvgIpc) is 3.02. The van der Waals surface area contributed by atoms with Crippen molar-refractivity contribution in [3.63, 3.8) is 0 Å². The monoisotopic (exact) mass is 293 g/mol. The molecule has 22 heavy (non-hydrogen) atoms. The minimum Gasteiger partial charge on any atom is -0.336 e. The van der Waals surface area contributed by atoms with Gasteiger partial charge in [0.05, 0.1) is 11.4 Å². The molecule has 1 heterocycles. The molecule has 0 saturated heterocycles.